The molecule has 0 spiro atoms. The van der Waals surface area contributed by atoms with Gasteiger partial charge in [0.25, 0.3) is 0 Å². The molecule has 5 heteroatoms. The summed E-state index contributed by atoms with van der Waals surface area (Å²) in [6.07, 6.45) is 0.291. The van der Waals surface area contributed by atoms with Gasteiger partial charge in [-0.1, -0.05) is 18.2 Å². The van der Waals surface area contributed by atoms with Gasteiger partial charge in [0.05, 0.1) is 16.6 Å². The van der Waals surface area contributed by atoms with Crippen molar-refractivity contribution in [3.63, 3.8) is 0 Å². The predicted octanol–water partition coefficient (Wildman–Crippen LogP) is 3.28. The van der Waals surface area contributed by atoms with Crippen LogP contribution in [0.2, 0.25) is 0 Å². The van der Waals surface area contributed by atoms with Crippen molar-refractivity contribution in [2.45, 2.75) is 6.42 Å². The zero-order chi connectivity index (χ0) is 14.4. The highest BCUT2D eigenvalue weighted by atomic mass is 127. The van der Waals surface area contributed by atoms with Crippen molar-refractivity contribution in [2.75, 3.05) is 17.7 Å². The lowest BCUT2D eigenvalue weighted by atomic mass is 10.3. The fourth-order valence-corrected chi connectivity index (χ4v) is 2.20. The summed E-state index contributed by atoms with van der Waals surface area (Å²) in [4.78, 5) is 11.8. The smallest absolute Gasteiger partial charge is 0.227 e. The molecule has 0 radical (unpaired) electrons. The molecule has 0 aromatic heterocycles. The molecule has 0 atom stereocenters. The number of rotatable bonds is 5. The van der Waals surface area contributed by atoms with Gasteiger partial charge < -0.3 is 15.8 Å². The number of nitrogens with two attached hydrogens (primary N) is 1. The van der Waals surface area contributed by atoms with E-state index in [1.807, 2.05) is 24.3 Å². The minimum Gasteiger partial charge on any atom is -0.492 e. The fourth-order valence-electron chi connectivity index (χ4n) is 1.66. The Bertz CT molecular complexity index is 602. The molecule has 0 saturated heterocycles. The third-order valence-electron chi connectivity index (χ3n) is 2.59. The van der Waals surface area contributed by atoms with Gasteiger partial charge in [-0.05, 0) is 52.9 Å². The van der Waals surface area contributed by atoms with Gasteiger partial charge in [-0.2, -0.15) is 0 Å². The average molecular weight is 382 g/mol. The van der Waals surface area contributed by atoms with Crippen LogP contribution < -0.4 is 15.8 Å². The number of ether oxygens (including phenoxy) is 1. The molecule has 2 aromatic rings. The number of hydrogen-bond acceptors (Lipinski definition) is 3. The molecule has 0 bridgehead atoms. The zero-order valence-electron chi connectivity index (χ0n) is 10.8. The van der Waals surface area contributed by atoms with Gasteiger partial charge in [0.15, 0.2) is 0 Å². The largest absolute Gasteiger partial charge is 0.492 e. The predicted molar refractivity (Wildman–Crippen MR) is 88.8 cm³/mol. The van der Waals surface area contributed by atoms with E-state index >= 15 is 0 Å². The van der Waals surface area contributed by atoms with Crippen LogP contribution in [0.3, 0.4) is 0 Å². The first kappa shape index (κ1) is 14.6. The van der Waals surface area contributed by atoms with Crippen molar-refractivity contribution < 1.29 is 9.53 Å². The Kier molecular flexibility index (Phi) is 5.23. The number of anilines is 2. The van der Waals surface area contributed by atoms with Crippen molar-refractivity contribution in [3.8, 4) is 5.75 Å². The van der Waals surface area contributed by atoms with Crippen LogP contribution in [0.25, 0.3) is 0 Å². The Labute approximate surface area is 131 Å². The topological polar surface area (TPSA) is 64.3 Å². The highest BCUT2D eigenvalue weighted by molar-refractivity contribution is 14.1. The Morgan fingerprint density at radius 1 is 1.20 bits per heavy atom. The number of carbonyl (C=O) groups is 1. The van der Waals surface area contributed by atoms with E-state index in [0.29, 0.717) is 24.4 Å². The molecule has 0 unspecified atom stereocenters. The third-order valence-corrected chi connectivity index (χ3v) is 3.48. The van der Waals surface area contributed by atoms with Crippen LogP contribution in [0, 0.1) is 3.57 Å². The summed E-state index contributed by atoms with van der Waals surface area (Å²) in [6.45, 7) is 0.341. The van der Waals surface area contributed by atoms with Crippen molar-refractivity contribution in [3.05, 3.63) is 52.1 Å². The molecule has 3 N–H and O–H groups in total. The maximum atomic E-state index is 11.8. The van der Waals surface area contributed by atoms with Crippen LogP contribution >= 0.6 is 22.6 Å². The summed E-state index contributed by atoms with van der Waals surface area (Å²) in [5.74, 6) is 0.700. The van der Waals surface area contributed by atoms with Crippen LogP contribution in [-0.4, -0.2) is 12.5 Å². The molecule has 0 fully saturated rings. The number of para-hydroxylation sites is 1. The molecule has 0 aliphatic heterocycles. The third kappa shape index (κ3) is 4.41. The van der Waals surface area contributed by atoms with Crippen LogP contribution in [0.4, 0.5) is 11.4 Å². The Balaban J connectivity index is 1.80. The second-order valence-electron chi connectivity index (χ2n) is 4.20. The SMILES string of the molecule is Nc1cccc(NC(=O)CCOc2ccccc2I)c1. The van der Waals surface area contributed by atoms with Crippen LogP contribution in [0.5, 0.6) is 5.75 Å². The lowest BCUT2D eigenvalue weighted by Gasteiger charge is -2.08. The maximum Gasteiger partial charge on any atom is 0.227 e. The van der Waals surface area contributed by atoms with E-state index in [2.05, 4.69) is 27.9 Å². The van der Waals surface area contributed by atoms with Gasteiger partial charge in [-0.3, -0.25) is 4.79 Å². The summed E-state index contributed by atoms with van der Waals surface area (Å²) >= 11 is 2.20. The number of amides is 1. The summed E-state index contributed by atoms with van der Waals surface area (Å²) in [7, 11) is 0. The van der Waals surface area contributed by atoms with Crippen molar-refractivity contribution >= 4 is 39.9 Å². The highest BCUT2D eigenvalue weighted by Crippen LogP contribution is 2.19. The summed E-state index contributed by atoms with van der Waals surface area (Å²) in [5.41, 5.74) is 6.97. The first-order valence-corrected chi connectivity index (χ1v) is 7.26. The molecule has 0 saturated carbocycles. The number of hydrogen-bond donors (Lipinski definition) is 2. The second kappa shape index (κ2) is 7.14. The maximum absolute atomic E-state index is 11.8. The zero-order valence-corrected chi connectivity index (χ0v) is 13.0. The number of nitrogen functional groups attached to an aromatic ring is 1. The summed E-state index contributed by atoms with van der Waals surface area (Å²) < 4.78 is 6.60. The Hall–Kier alpha value is -1.76. The van der Waals surface area contributed by atoms with Gasteiger partial charge in [0.2, 0.25) is 5.91 Å². The van der Waals surface area contributed by atoms with E-state index in [1.165, 1.54) is 0 Å². The normalized spacial score (nSPS) is 10.1. The van der Waals surface area contributed by atoms with E-state index in [4.69, 9.17) is 10.5 Å². The number of carbonyl (C=O) groups excluding carboxylic acids is 1. The standard InChI is InChI=1S/C15H15IN2O2/c16-13-6-1-2-7-14(13)20-9-8-15(19)18-12-5-3-4-11(17)10-12/h1-7,10H,8-9,17H2,(H,18,19). The van der Waals surface area contributed by atoms with Gasteiger partial charge >= 0.3 is 0 Å². The average Bonchev–Trinajstić information content (AvgIpc) is 2.41. The van der Waals surface area contributed by atoms with Gasteiger partial charge in [0, 0.05) is 11.4 Å². The molecule has 2 aromatic carbocycles. The van der Waals surface area contributed by atoms with Crippen molar-refractivity contribution in [1.82, 2.24) is 0 Å². The van der Waals surface area contributed by atoms with Crippen LogP contribution in [0.1, 0.15) is 6.42 Å². The van der Waals surface area contributed by atoms with E-state index in [0.717, 1.165) is 9.32 Å². The molecule has 2 rings (SSSR count). The first-order valence-electron chi connectivity index (χ1n) is 6.18. The molecule has 0 heterocycles. The molecule has 1 amide bonds. The Morgan fingerprint density at radius 2 is 2.00 bits per heavy atom. The summed E-state index contributed by atoms with van der Waals surface area (Å²) in [6, 6.07) is 14.8. The molecule has 0 aliphatic carbocycles. The lowest BCUT2D eigenvalue weighted by Crippen LogP contribution is -2.15. The van der Waals surface area contributed by atoms with Crippen LogP contribution in [0.15, 0.2) is 48.5 Å². The van der Waals surface area contributed by atoms with E-state index in [9.17, 15) is 4.79 Å². The quantitative estimate of drug-likeness (QED) is 0.616. The minimum atomic E-state index is -0.0958. The van der Waals surface area contributed by atoms with Crippen molar-refractivity contribution in [1.29, 1.82) is 0 Å². The molecule has 104 valence electrons. The van der Waals surface area contributed by atoms with E-state index < -0.39 is 0 Å². The Morgan fingerprint density at radius 3 is 2.75 bits per heavy atom. The second-order valence-corrected chi connectivity index (χ2v) is 5.36. The lowest BCUT2D eigenvalue weighted by molar-refractivity contribution is -0.116. The summed E-state index contributed by atoms with van der Waals surface area (Å²) in [5, 5.41) is 2.78. The molecular formula is C15H15IN2O2. The van der Waals surface area contributed by atoms with E-state index in [-0.39, 0.29) is 5.91 Å². The number of nitrogens with one attached hydrogen (secondary N) is 1. The first-order chi connectivity index (χ1) is 9.65. The van der Waals surface area contributed by atoms with Gasteiger partial charge in [-0.15, -0.1) is 0 Å². The van der Waals surface area contributed by atoms with Crippen LogP contribution in [-0.2, 0) is 4.79 Å². The monoisotopic (exact) mass is 382 g/mol. The fraction of sp³-hybridized carbons (Fsp3) is 0.133. The molecule has 0 aliphatic rings. The minimum absolute atomic E-state index is 0.0958. The number of halogens is 1. The highest BCUT2D eigenvalue weighted by Gasteiger charge is 2.04. The van der Waals surface area contributed by atoms with Crippen molar-refractivity contribution in [2.24, 2.45) is 0 Å². The molecular weight excluding hydrogens is 367 g/mol. The molecule has 4 nitrogen and oxygen atoms in total. The van der Waals surface area contributed by atoms with Gasteiger partial charge in [0.1, 0.15) is 5.75 Å². The number of benzene rings is 2. The van der Waals surface area contributed by atoms with E-state index in [1.54, 1.807) is 24.3 Å². The van der Waals surface area contributed by atoms with Gasteiger partial charge in [-0.25, -0.2) is 0 Å². The molecule has 20 heavy (non-hydrogen) atoms.